The van der Waals surface area contributed by atoms with Gasteiger partial charge in [-0.05, 0) is 37.6 Å². The standard InChI is InChI=1S/C21H21BrN4O2/c1-14-18(5-6-19(24-14)16-3-2-4-17(22)11-16)21(27)25-20-7-9-23-26(20)12-15-8-10-28-13-15/h2-7,9,11,15H,8,10,12-13H2,1H3,(H,25,27)/t15-/m0/s1. The molecule has 2 aromatic heterocycles. The van der Waals surface area contributed by atoms with Gasteiger partial charge in [0.25, 0.3) is 5.91 Å². The average molecular weight is 441 g/mol. The number of rotatable bonds is 5. The first-order valence-electron chi connectivity index (χ1n) is 9.24. The third-order valence-electron chi connectivity index (χ3n) is 4.86. The predicted molar refractivity (Wildman–Crippen MR) is 111 cm³/mol. The van der Waals surface area contributed by atoms with Crippen LogP contribution in [0, 0.1) is 12.8 Å². The van der Waals surface area contributed by atoms with E-state index in [0.29, 0.717) is 23.0 Å². The van der Waals surface area contributed by atoms with Gasteiger partial charge in [0.2, 0.25) is 0 Å². The number of hydrogen-bond acceptors (Lipinski definition) is 4. The number of anilines is 1. The summed E-state index contributed by atoms with van der Waals surface area (Å²) in [6.07, 6.45) is 2.72. The number of carbonyl (C=O) groups excluding carboxylic acids is 1. The molecule has 7 heteroatoms. The summed E-state index contributed by atoms with van der Waals surface area (Å²) in [6, 6.07) is 13.4. The minimum absolute atomic E-state index is 0.185. The van der Waals surface area contributed by atoms with Gasteiger partial charge in [0, 0.05) is 35.2 Å². The van der Waals surface area contributed by atoms with Crippen molar-refractivity contribution in [1.82, 2.24) is 14.8 Å². The number of benzene rings is 1. The topological polar surface area (TPSA) is 69.0 Å². The Bertz CT molecular complexity index is 996. The zero-order valence-corrected chi connectivity index (χ0v) is 17.1. The molecule has 0 radical (unpaired) electrons. The molecule has 0 bridgehead atoms. The van der Waals surface area contributed by atoms with Crippen molar-refractivity contribution in [2.24, 2.45) is 5.92 Å². The maximum Gasteiger partial charge on any atom is 0.258 e. The molecule has 6 nitrogen and oxygen atoms in total. The van der Waals surface area contributed by atoms with Crippen LogP contribution in [-0.2, 0) is 11.3 Å². The van der Waals surface area contributed by atoms with Gasteiger partial charge in [-0.2, -0.15) is 5.10 Å². The summed E-state index contributed by atoms with van der Waals surface area (Å²) in [4.78, 5) is 17.4. The van der Waals surface area contributed by atoms with Crippen molar-refractivity contribution < 1.29 is 9.53 Å². The Hall–Kier alpha value is -2.51. The first-order chi connectivity index (χ1) is 13.6. The lowest BCUT2D eigenvalue weighted by atomic mass is 10.1. The molecular weight excluding hydrogens is 420 g/mol. The van der Waals surface area contributed by atoms with E-state index in [-0.39, 0.29) is 5.91 Å². The van der Waals surface area contributed by atoms with Crippen LogP contribution in [-0.4, -0.2) is 33.9 Å². The third-order valence-corrected chi connectivity index (χ3v) is 5.36. The van der Waals surface area contributed by atoms with Gasteiger partial charge in [0.05, 0.1) is 29.8 Å². The van der Waals surface area contributed by atoms with Crippen molar-refractivity contribution in [3.05, 3.63) is 64.4 Å². The highest BCUT2D eigenvalue weighted by Gasteiger charge is 2.19. The summed E-state index contributed by atoms with van der Waals surface area (Å²) in [7, 11) is 0. The van der Waals surface area contributed by atoms with E-state index in [1.807, 2.05) is 54.1 Å². The second kappa shape index (κ2) is 8.24. The van der Waals surface area contributed by atoms with E-state index < -0.39 is 0 Å². The van der Waals surface area contributed by atoms with E-state index >= 15 is 0 Å². The summed E-state index contributed by atoms with van der Waals surface area (Å²) in [5, 5.41) is 7.30. The van der Waals surface area contributed by atoms with Gasteiger partial charge in [0.15, 0.2) is 0 Å². The highest BCUT2D eigenvalue weighted by Crippen LogP contribution is 2.23. The number of nitrogens with zero attached hydrogens (tertiary/aromatic N) is 3. The van der Waals surface area contributed by atoms with E-state index in [1.165, 1.54) is 0 Å². The summed E-state index contributed by atoms with van der Waals surface area (Å²) < 4.78 is 8.25. The Kier molecular flexibility index (Phi) is 5.54. The number of aromatic nitrogens is 3. The second-order valence-corrected chi connectivity index (χ2v) is 7.84. The smallest absolute Gasteiger partial charge is 0.258 e. The average Bonchev–Trinajstić information content (AvgIpc) is 3.34. The monoisotopic (exact) mass is 440 g/mol. The lowest BCUT2D eigenvalue weighted by Gasteiger charge is -2.13. The van der Waals surface area contributed by atoms with Crippen LogP contribution in [0.25, 0.3) is 11.3 Å². The first-order valence-corrected chi connectivity index (χ1v) is 10.0. The summed E-state index contributed by atoms with van der Waals surface area (Å²) >= 11 is 3.48. The van der Waals surface area contributed by atoms with Crippen LogP contribution >= 0.6 is 15.9 Å². The summed E-state index contributed by atoms with van der Waals surface area (Å²) in [5.74, 6) is 0.936. The van der Waals surface area contributed by atoms with E-state index in [4.69, 9.17) is 4.74 Å². The van der Waals surface area contributed by atoms with Crippen molar-refractivity contribution in [1.29, 1.82) is 0 Å². The Balaban J connectivity index is 1.50. The number of nitrogens with one attached hydrogen (secondary N) is 1. The molecule has 0 saturated carbocycles. The molecule has 4 rings (SSSR count). The van der Waals surface area contributed by atoms with Gasteiger partial charge >= 0.3 is 0 Å². The fourth-order valence-electron chi connectivity index (χ4n) is 3.35. The molecule has 1 amide bonds. The number of hydrogen-bond donors (Lipinski definition) is 1. The zero-order chi connectivity index (χ0) is 19.5. The zero-order valence-electron chi connectivity index (χ0n) is 15.6. The third kappa shape index (κ3) is 4.15. The molecule has 1 fully saturated rings. The molecule has 28 heavy (non-hydrogen) atoms. The highest BCUT2D eigenvalue weighted by molar-refractivity contribution is 9.10. The number of carbonyl (C=O) groups is 1. The maximum atomic E-state index is 12.8. The predicted octanol–water partition coefficient (Wildman–Crippen LogP) is 4.30. The highest BCUT2D eigenvalue weighted by atomic mass is 79.9. The number of aryl methyl sites for hydroxylation is 1. The van der Waals surface area contributed by atoms with Crippen molar-refractivity contribution in [3.8, 4) is 11.3 Å². The van der Waals surface area contributed by atoms with E-state index in [2.05, 4.69) is 31.3 Å². The fourth-order valence-corrected chi connectivity index (χ4v) is 3.75. The molecule has 1 N–H and O–H groups in total. The van der Waals surface area contributed by atoms with Crippen molar-refractivity contribution in [2.45, 2.75) is 19.9 Å². The van der Waals surface area contributed by atoms with Crippen LogP contribution in [0.2, 0.25) is 0 Å². The molecule has 1 atom stereocenters. The Labute approximate surface area is 172 Å². The lowest BCUT2D eigenvalue weighted by Crippen LogP contribution is -2.19. The van der Waals surface area contributed by atoms with Crippen molar-refractivity contribution in [3.63, 3.8) is 0 Å². The molecule has 3 heterocycles. The van der Waals surface area contributed by atoms with E-state index in [9.17, 15) is 4.79 Å². The van der Waals surface area contributed by atoms with Gasteiger partial charge in [-0.1, -0.05) is 28.1 Å². The van der Waals surface area contributed by atoms with Gasteiger partial charge in [-0.25, -0.2) is 4.68 Å². The molecule has 1 aliphatic heterocycles. The van der Waals surface area contributed by atoms with E-state index in [0.717, 1.165) is 41.9 Å². The Morgan fingerprint density at radius 2 is 2.21 bits per heavy atom. The van der Waals surface area contributed by atoms with Gasteiger partial charge in [-0.3, -0.25) is 9.78 Å². The minimum Gasteiger partial charge on any atom is -0.381 e. The van der Waals surface area contributed by atoms with Gasteiger partial charge < -0.3 is 10.1 Å². The van der Waals surface area contributed by atoms with Gasteiger partial charge in [-0.15, -0.1) is 0 Å². The number of ether oxygens (including phenoxy) is 1. The quantitative estimate of drug-likeness (QED) is 0.641. The molecule has 3 aromatic rings. The molecule has 0 spiro atoms. The van der Waals surface area contributed by atoms with Gasteiger partial charge in [0.1, 0.15) is 5.82 Å². The molecule has 1 aliphatic rings. The fraction of sp³-hybridized carbons (Fsp3) is 0.286. The van der Waals surface area contributed by atoms with Crippen LogP contribution < -0.4 is 5.32 Å². The summed E-state index contributed by atoms with van der Waals surface area (Å²) in [6.45, 7) is 4.13. The summed E-state index contributed by atoms with van der Waals surface area (Å²) in [5.41, 5.74) is 3.07. The SMILES string of the molecule is Cc1nc(-c2cccc(Br)c2)ccc1C(=O)Nc1ccnn1C[C@@H]1CCOC1. The normalized spacial score (nSPS) is 16.3. The maximum absolute atomic E-state index is 12.8. The number of amides is 1. The molecule has 0 aliphatic carbocycles. The Morgan fingerprint density at radius 1 is 1.32 bits per heavy atom. The van der Waals surface area contributed by atoms with Crippen LogP contribution in [0.5, 0.6) is 0 Å². The van der Waals surface area contributed by atoms with Crippen LogP contribution in [0.4, 0.5) is 5.82 Å². The minimum atomic E-state index is -0.185. The van der Waals surface area contributed by atoms with E-state index in [1.54, 1.807) is 6.20 Å². The largest absolute Gasteiger partial charge is 0.381 e. The molecular formula is C21H21BrN4O2. The molecule has 144 valence electrons. The molecule has 0 unspecified atom stereocenters. The van der Waals surface area contributed by atoms with Crippen LogP contribution in [0.15, 0.2) is 53.1 Å². The number of pyridine rings is 1. The second-order valence-electron chi connectivity index (χ2n) is 6.92. The van der Waals surface area contributed by atoms with Crippen molar-refractivity contribution >= 4 is 27.7 Å². The van der Waals surface area contributed by atoms with Crippen molar-refractivity contribution in [2.75, 3.05) is 18.5 Å². The van der Waals surface area contributed by atoms with Crippen LogP contribution in [0.3, 0.4) is 0 Å². The first kappa shape index (κ1) is 18.8. The molecule has 1 aromatic carbocycles. The Morgan fingerprint density at radius 3 is 2.96 bits per heavy atom. The van der Waals surface area contributed by atoms with Crippen LogP contribution in [0.1, 0.15) is 22.5 Å². The lowest BCUT2D eigenvalue weighted by molar-refractivity contribution is 0.102. The molecule has 1 saturated heterocycles. The number of halogens is 1.